The van der Waals surface area contributed by atoms with Gasteiger partial charge < -0.3 is 17.8 Å². The van der Waals surface area contributed by atoms with Crippen LogP contribution in [0.4, 0.5) is 0 Å². The van der Waals surface area contributed by atoms with Crippen LogP contribution >= 0.6 is 0 Å². The Bertz CT molecular complexity index is 105. The first-order valence-electron chi connectivity index (χ1n) is 5.84. The molecule has 0 aliphatic rings. The van der Waals surface area contributed by atoms with Crippen molar-refractivity contribution >= 4 is 37.7 Å². The van der Waals surface area contributed by atoms with Crippen LogP contribution in [0.25, 0.3) is 0 Å². The van der Waals surface area contributed by atoms with Gasteiger partial charge in [0.1, 0.15) is 0 Å². The van der Waals surface area contributed by atoms with Crippen molar-refractivity contribution < 1.29 is 17.8 Å². The summed E-state index contributed by atoms with van der Waals surface area (Å²) in [5.41, 5.74) is 0. The Morgan fingerprint density at radius 1 is 0.875 bits per heavy atom. The van der Waals surface area contributed by atoms with E-state index in [4.69, 9.17) is 14.9 Å². The van der Waals surface area contributed by atoms with Crippen molar-refractivity contribution in [2.75, 3.05) is 26.4 Å². The molecule has 0 saturated heterocycles. The quantitative estimate of drug-likeness (QED) is 0.544. The van der Waals surface area contributed by atoms with Crippen molar-refractivity contribution in [3.8, 4) is 0 Å². The fourth-order valence-corrected chi connectivity index (χ4v) is 0.740. The van der Waals surface area contributed by atoms with Crippen LogP contribution in [0.3, 0.4) is 0 Å². The molecule has 16 heavy (non-hydrogen) atoms. The van der Waals surface area contributed by atoms with Crippen molar-refractivity contribution in [2.24, 2.45) is 11.8 Å². The van der Waals surface area contributed by atoms with Gasteiger partial charge in [-0.25, -0.2) is 0 Å². The summed E-state index contributed by atoms with van der Waals surface area (Å²) < 4.78 is 5.46. The fourth-order valence-electron chi connectivity index (χ4n) is 0.740. The molecule has 0 aromatic carbocycles. The van der Waals surface area contributed by atoms with Gasteiger partial charge in [0.05, 0.1) is 13.2 Å². The van der Waals surface area contributed by atoms with E-state index < -0.39 is 0 Å². The SMILES string of the molecule is CC(C)CCOCCC(C)C.OCCO.[Ca+2].[H-].[H-]. The molecule has 0 bridgehead atoms. The summed E-state index contributed by atoms with van der Waals surface area (Å²) in [6.45, 7) is 10.5. The maximum atomic E-state index is 7.62. The standard InChI is InChI=1S/C10H22O.C2H6O2.Ca.2H/c1-9(2)5-7-11-8-6-10(3)4;3-1-2-4;;;/h9-10H,5-8H2,1-4H3;3-4H,1-2H2;;;/q;;+2;2*-1. The molecule has 0 aliphatic heterocycles. The number of hydrogen-bond donors (Lipinski definition) is 2. The second kappa shape index (κ2) is 18.5. The second-order valence-corrected chi connectivity index (χ2v) is 4.42. The zero-order valence-corrected chi connectivity index (χ0v) is 13.6. The van der Waals surface area contributed by atoms with E-state index in [0.29, 0.717) is 0 Å². The van der Waals surface area contributed by atoms with Crippen LogP contribution in [0.2, 0.25) is 0 Å². The van der Waals surface area contributed by atoms with Crippen molar-refractivity contribution in [1.82, 2.24) is 0 Å². The first-order valence-corrected chi connectivity index (χ1v) is 5.84. The number of ether oxygens (including phenoxy) is 1. The molecule has 0 atom stereocenters. The van der Waals surface area contributed by atoms with Gasteiger partial charge in [-0.1, -0.05) is 27.7 Å². The van der Waals surface area contributed by atoms with Crippen LogP contribution in [0, 0.1) is 11.8 Å². The summed E-state index contributed by atoms with van der Waals surface area (Å²) >= 11 is 0. The molecule has 0 aliphatic carbocycles. The largest absolute Gasteiger partial charge is 2.00 e. The van der Waals surface area contributed by atoms with Crippen molar-refractivity contribution in [3.05, 3.63) is 0 Å². The van der Waals surface area contributed by atoms with Crippen LogP contribution in [0.5, 0.6) is 0 Å². The molecular weight excluding hydrogens is 232 g/mol. The van der Waals surface area contributed by atoms with E-state index in [1.807, 2.05) is 0 Å². The Morgan fingerprint density at radius 2 is 1.19 bits per heavy atom. The Labute approximate surface area is 134 Å². The Hall–Kier alpha value is 1.14. The summed E-state index contributed by atoms with van der Waals surface area (Å²) in [6, 6.07) is 0. The monoisotopic (exact) mass is 262 g/mol. The van der Waals surface area contributed by atoms with Crippen LogP contribution in [-0.4, -0.2) is 74.4 Å². The zero-order chi connectivity index (χ0) is 12.1. The average Bonchev–Trinajstić information content (AvgIpc) is 2.17. The smallest absolute Gasteiger partial charge is 1.00 e. The molecule has 98 valence electrons. The van der Waals surface area contributed by atoms with Crippen molar-refractivity contribution in [3.63, 3.8) is 0 Å². The zero-order valence-electron chi connectivity index (χ0n) is 13.4. The molecule has 0 saturated carbocycles. The molecule has 0 unspecified atom stereocenters. The summed E-state index contributed by atoms with van der Waals surface area (Å²) in [5.74, 6) is 1.54. The van der Waals surface area contributed by atoms with Gasteiger partial charge in [0.25, 0.3) is 0 Å². The number of hydrogen-bond acceptors (Lipinski definition) is 3. The van der Waals surface area contributed by atoms with E-state index >= 15 is 0 Å². The molecule has 0 rings (SSSR count). The van der Waals surface area contributed by atoms with E-state index in [9.17, 15) is 0 Å². The maximum Gasteiger partial charge on any atom is 2.00 e. The Morgan fingerprint density at radius 3 is 1.38 bits per heavy atom. The normalized spacial score (nSPS) is 9.75. The number of aliphatic hydroxyl groups excluding tert-OH is 2. The molecule has 0 aromatic rings. The van der Waals surface area contributed by atoms with E-state index in [1.54, 1.807) is 0 Å². The molecular formula is C12H30CaO3. The summed E-state index contributed by atoms with van der Waals surface area (Å²) in [6.07, 6.45) is 2.39. The van der Waals surface area contributed by atoms with Crippen LogP contribution in [-0.2, 0) is 4.74 Å². The van der Waals surface area contributed by atoms with E-state index in [-0.39, 0.29) is 53.8 Å². The molecule has 2 N–H and O–H groups in total. The van der Waals surface area contributed by atoms with Gasteiger partial charge in [0.2, 0.25) is 0 Å². The summed E-state index contributed by atoms with van der Waals surface area (Å²) in [7, 11) is 0. The minimum absolute atomic E-state index is 0. The first-order chi connectivity index (χ1) is 7.04. The Kier molecular flexibility index (Phi) is 25.8. The maximum absolute atomic E-state index is 7.62. The van der Waals surface area contributed by atoms with Gasteiger partial charge in [-0.2, -0.15) is 0 Å². The third kappa shape index (κ3) is 29.4. The van der Waals surface area contributed by atoms with Gasteiger partial charge in [0.15, 0.2) is 0 Å². The van der Waals surface area contributed by atoms with Crippen LogP contribution in [0.1, 0.15) is 43.4 Å². The van der Waals surface area contributed by atoms with E-state index in [2.05, 4.69) is 27.7 Å². The molecule has 0 spiro atoms. The molecule has 0 amide bonds. The number of rotatable bonds is 7. The van der Waals surface area contributed by atoms with Gasteiger partial charge in [-0.05, 0) is 24.7 Å². The van der Waals surface area contributed by atoms with Crippen molar-refractivity contribution in [1.29, 1.82) is 0 Å². The predicted molar refractivity (Wildman–Crippen MR) is 71.9 cm³/mol. The topological polar surface area (TPSA) is 49.7 Å². The molecule has 0 heterocycles. The van der Waals surface area contributed by atoms with Gasteiger partial charge >= 0.3 is 37.7 Å². The van der Waals surface area contributed by atoms with Gasteiger partial charge in [-0.3, -0.25) is 0 Å². The third-order valence-corrected chi connectivity index (χ3v) is 1.78. The molecule has 0 fully saturated rings. The van der Waals surface area contributed by atoms with Gasteiger partial charge in [-0.15, -0.1) is 0 Å². The van der Waals surface area contributed by atoms with E-state index in [1.165, 1.54) is 12.8 Å². The summed E-state index contributed by atoms with van der Waals surface area (Å²) in [4.78, 5) is 0. The third-order valence-electron chi connectivity index (χ3n) is 1.78. The predicted octanol–water partition coefficient (Wildman–Crippen LogP) is 1.91. The van der Waals surface area contributed by atoms with Crippen LogP contribution in [0.15, 0.2) is 0 Å². The van der Waals surface area contributed by atoms with E-state index in [0.717, 1.165) is 25.0 Å². The summed E-state index contributed by atoms with van der Waals surface area (Å²) in [5, 5.41) is 15.2. The minimum Gasteiger partial charge on any atom is -1.00 e. The number of aliphatic hydroxyl groups is 2. The average molecular weight is 262 g/mol. The first kappa shape index (κ1) is 22.3. The second-order valence-electron chi connectivity index (χ2n) is 4.42. The van der Waals surface area contributed by atoms with Gasteiger partial charge in [0, 0.05) is 13.2 Å². The Balaban J connectivity index is -0.0000000712. The molecule has 4 heteroatoms. The molecule has 3 nitrogen and oxygen atoms in total. The molecule has 0 radical (unpaired) electrons. The minimum atomic E-state index is -0.125. The van der Waals surface area contributed by atoms with Crippen LogP contribution < -0.4 is 0 Å². The fraction of sp³-hybridized carbons (Fsp3) is 1.00. The molecule has 0 aromatic heterocycles. The van der Waals surface area contributed by atoms with Crippen molar-refractivity contribution in [2.45, 2.75) is 40.5 Å².